The summed E-state index contributed by atoms with van der Waals surface area (Å²) in [5.74, 6) is -1.45. The van der Waals surface area contributed by atoms with Crippen molar-refractivity contribution in [1.82, 2.24) is 0 Å². The van der Waals surface area contributed by atoms with Gasteiger partial charge < -0.3 is 0 Å². The second-order valence-corrected chi connectivity index (χ2v) is 5.43. The van der Waals surface area contributed by atoms with E-state index in [1.165, 1.54) is 25.3 Å². The first kappa shape index (κ1) is 14.2. The van der Waals surface area contributed by atoms with Crippen molar-refractivity contribution < 1.29 is 13.6 Å². The molecule has 0 aliphatic heterocycles. The third kappa shape index (κ3) is 4.12. The van der Waals surface area contributed by atoms with Gasteiger partial charge in [0.2, 0.25) is 0 Å². The van der Waals surface area contributed by atoms with Crippen LogP contribution in [0, 0.1) is 17.6 Å². The Balaban J connectivity index is 1.96. The van der Waals surface area contributed by atoms with Crippen LogP contribution in [0.3, 0.4) is 0 Å². The lowest BCUT2D eigenvalue weighted by molar-refractivity contribution is -0.122. The van der Waals surface area contributed by atoms with Crippen molar-refractivity contribution in [1.29, 1.82) is 0 Å². The number of rotatable bonds is 3. The fraction of sp³-hybridized carbons (Fsp3) is 0.562. The second-order valence-electron chi connectivity index (χ2n) is 5.43. The number of hydrogen-bond acceptors (Lipinski definition) is 1. The summed E-state index contributed by atoms with van der Waals surface area (Å²) in [6.07, 6.45) is 8.00. The summed E-state index contributed by atoms with van der Waals surface area (Å²) in [4.78, 5) is 12.2. The van der Waals surface area contributed by atoms with Crippen LogP contribution in [-0.2, 0) is 11.2 Å². The fourth-order valence-corrected chi connectivity index (χ4v) is 2.77. The molecule has 1 aromatic rings. The molecule has 0 radical (unpaired) electrons. The smallest absolute Gasteiger partial charge is 0.159 e. The van der Waals surface area contributed by atoms with Crippen LogP contribution in [0.4, 0.5) is 8.78 Å². The molecule has 0 bridgehead atoms. The highest BCUT2D eigenvalue weighted by Gasteiger charge is 2.19. The van der Waals surface area contributed by atoms with Crippen LogP contribution in [0.2, 0.25) is 0 Å². The zero-order valence-electron chi connectivity index (χ0n) is 11.1. The van der Waals surface area contributed by atoms with Gasteiger partial charge in [-0.3, -0.25) is 4.79 Å². The summed E-state index contributed by atoms with van der Waals surface area (Å²) in [5, 5.41) is 0. The summed E-state index contributed by atoms with van der Waals surface area (Å²) in [7, 11) is 0. The molecule has 0 amide bonds. The van der Waals surface area contributed by atoms with Crippen molar-refractivity contribution >= 4 is 5.78 Å². The van der Waals surface area contributed by atoms with Crippen molar-refractivity contribution in [2.24, 2.45) is 5.92 Å². The van der Waals surface area contributed by atoms with Crippen LogP contribution in [0.5, 0.6) is 0 Å². The van der Waals surface area contributed by atoms with Crippen LogP contribution in [0.25, 0.3) is 0 Å². The molecule has 19 heavy (non-hydrogen) atoms. The molecular formula is C16H20F2O. The molecule has 0 heterocycles. The topological polar surface area (TPSA) is 17.1 Å². The van der Waals surface area contributed by atoms with Gasteiger partial charge in [-0.2, -0.15) is 0 Å². The monoisotopic (exact) mass is 266 g/mol. The van der Waals surface area contributed by atoms with Gasteiger partial charge in [0.15, 0.2) is 11.6 Å². The Hall–Kier alpha value is -1.25. The van der Waals surface area contributed by atoms with E-state index >= 15 is 0 Å². The molecule has 0 aromatic heterocycles. The van der Waals surface area contributed by atoms with Gasteiger partial charge in [0.25, 0.3) is 0 Å². The number of ketones is 1. The Morgan fingerprint density at radius 2 is 1.63 bits per heavy atom. The number of benzene rings is 1. The van der Waals surface area contributed by atoms with Gasteiger partial charge >= 0.3 is 0 Å². The third-order valence-electron chi connectivity index (χ3n) is 3.92. The highest BCUT2D eigenvalue weighted by atomic mass is 19.2. The predicted molar refractivity (Wildman–Crippen MR) is 70.9 cm³/mol. The Labute approximate surface area is 113 Å². The maximum absolute atomic E-state index is 13.1. The van der Waals surface area contributed by atoms with Crippen molar-refractivity contribution in [2.75, 3.05) is 0 Å². The van der Waals surface area contributed by atoms with E-state index in [1.54, 1.807) is 0 Å². The summed E-state index contributed by atoms with van der Waals surface area (Å²) in [6.45, 7) is 0. The normalized spacial score (nSPS) is 17.8. The van der Waals surface area contributed by atoms with Gasteiger partial charge in [0.05, 0.1) is 0 Å². The first-order valence-electron chi connectivity index (χ1n) is 7.13. The molecule has 1 nitrogen and oxygen atoms in total. The number of hydrogen-bond donors (Lipinski definition) is 0. The molecular weight excluding hydrogens is 246 g/mol. The van der Waals surface area contributed by atoms with Gasteiger partial charge in [-0.05, 0) is 30.5 Å². The first-order chi connectivity index (χ1) is 9.16. The van der Waals surface area contributed by atoms with E-state index in [-0.39, 0.29) is 18.1 Å². The number of Topliss-reactive ketones (excluding diaryl/α,β-unsaturated/α-hetero) is 1. The molecule has 1 saturated carbocycles. The summed E-state index contributed by atoms with van der Waals surface area (Å²) in [5.41, 5.74) is 0.575. The summed E-state index contributed by atoms with van der Waals surface area (Å²) < 4.78 is 25.9. The average Bonchev–Trinajstić information content (AvgIpc) is 2.33. The molecule has 0 N–H and O–H groups in total. The van der Waals surface area contributed by atoms with Crippen molar-refractivity contribution in [3.8, 4) is 0 Å². The van der Waals surface area contributed by atoms with Gasteiger partial charge in [-0.25, -0.2) is 8.78 Å². The molecule has 0 atom stereocenters. The SMILES string of the molecule is O=C(Cc1ccc(F)c(F)c1)C1CCCCCCC1. The molecule has 0 saturated heterocycles. The van der Waals surface area contributed by atoms with Gasteiger partial charge in [0, 0.05) is 12.3 Å². The molecule has 1 aliphatic carbocycles. The minimum atomic E-state index is -0.872. The summed E-state index contributed by atoms with van der Waals surface area (Å²) in [6, 6.07) is 3.73. The van der Waals surface area contributed by atoms with Gasteiger partial charge in [-0.1, -0.05) is 38.2 Å². The van der Waals surface area contributed by atoms with E-state index in [1.807, 2.05) is 0 Å². The van der Waals surface area contributed by atoms with Crippen LogP contribution >= 0.6 is 0 Å². The standard InChI is InChI=1S/C16H20F2O/c17-14-9-8-12(10-15(14)18)11-16(19)13-6-4-2-1-3-5-7-13/h8-10,13H,1-7,11H2. The molecule has 104 valence electrons. The van der Waals surface area contributed by atoms with Crippen LogP contribution < -0.4 is 0 Å². The quantitative estimate of drug-likeness (QED) is 0.790. The Bertz CT molecular complexity index is 434. The predicted octanol–water partition coefficient (Wildman–Crippen LogP) is 4.44. The largest absolute Gasteiger partial charge is 0.299 e. The fourth-order valence-electron chi connectivity index (χ4n) is 2.77. The van der Waals surface area contributed by atoms with E-state index in [0.717, 1.165) is 37.8 Å². The zero-order chi connectivity index (χ0) is 13.7. The lowest BCUT2D eigenvalue weighted by atomic mass is 9.86. The van der Waals surface area contributed by atoms with E-state index in [4.69, 9.17) is 0 Å². The van der Waals surface area contributed by atoms with E-state index in [0.29, 0.717) is 5.56 Å². The molecule has 2 rings (SSSR count). The Morgan fingerprint density at radius 1 is 1.00 bits per heavy atom. The maximum atomic E-state index is 13.1. The lowest BCUT2D eigenvalue weighted by Gasteiger charge is -2.18. The number of carbonyl (C=O) groups is 1. The molecule has 1 aliphatic rings. The summed E-state index contributed by atoms with van der Waals surface area (Å²) >= 11 is 0. The van der Waals surface area contributed by atoms with Crippen LogP contribution in [0.1, 0.15) is 50.5 Å². The van der Waals surface area contributed by atoms with E-state index in [2.05, 4.69) is 0 Å². The number of carbonyl (C=O) groups excluding carboxylic acids is 1. The minimum Gasteiger partial charge on any atom is -0.299 e. The molecule has 0 unspecified atom stereocenters. The highest BCUT2D eigenvalue weighted by molar-refractivity contribution is 5.83. The highest BCUT2D eigenvalue weighted by Crippen LogP contribution is 2.24. The first-order valence-corrected chi connectivity index (χ1v) is 7.13. The Morgan fingerprint density at radius 3 is 2.26 bits per heavy atom. The molecule has 0 spiro atoms. The van der Waals surface area contributed by atoms with Gasteiger partial charge in [-0.15, -0.1) is 0 Å². The lowest BCUT2D eigenvalue weighted by Crippen LogP contribution is -2.18. The average molecular weight is 266 g/mol. The maximum Gasteiger partial charge on any atom is 0.159 e. The van der Waals surface area contributed by atoms with Crippen molar-refractivity contribution in [3.63, 3.8) is 0 Å². The van der Waals surface area contributed by atoms with Gasteiger partial charge in [0.1, 0.15) is 5.78 Å². The second kappa shape index (κ2) is 6.78. The van der Waals surface area contributed by atoms with E-state index < -0.39 is 11.6 Å². The van der Waals surface area contributed by atoms with Crippen molar-refractivity contribution in [2.45, 2.75) is 51.4 Å². The van der Waals surface area contributed by atoms with Crippen LogP contribution in [0.15, 0.2) is 18.2 Å². The van der Waals surface area contributed by atoms with E-state index in [9.17, 15) is 13.6 Å². The minimum absolute atomic E-state index is 0.105. The molecule has 3 heteroatoms. The zero-order valence-corrected chi connectivity index (χ0v) is 11.1. The number of halogens is 2. The van der Waals surface area contributed by atoms with Crippen molar-refractivity contribution in [3.05, 3.63) is 35.4 Å². The molecule has 1 aromatic carbocycles. The molecule has 1 fully saturated rings. The third-order valence-corrected chi connectivity index (χ3v) is 3.92. The Kier molecular flexibility index (Phi) is 5.06. The van der Waals surface area contributed by atoms with Crippen LogP contribution in [-0.4, -0.2) is 5.78 Å².